The van der Waals surface area contributed by atoms with Crippen LogP contribution in [0, 0.1) is 5.41 Å². The molecule has 2 aromatic heterocycles. The lowest BCUT2D eigenvalue weighted by atomic mass is 10.1. The first-order chi connectivity index (χ1) is 10.5. The highest BCUT2D eigenvalue weighted by Crippen LogP contribution is 2.47. The molecule has 6 nitrogen and oxygen atoms in total. The van der Waals surface area contributed by atoms with Crippen LogP contribution in [-0.4, -0.2) is 32.4 Å². The summed E-state index contributed by atoms with van der Waals surface area (Å²) in [4.78, 5) is 14.9. The summed E-state index contributed by atoms with van der Waals surface area (Å²) in [5.74, 6) is -0.148. The number of carbonyl (C=O) groups is 1. The maximum Gasteiger partial charge on any atom is 0.338 e. The molecule has 0 saturated heterocycles. The first-order valence-corrected chi connectivity index (χ1v) is 7.43. The predicted molar refractivity (Wildman–Crippen MR) is 80.8 cm³/mol. The third kappa shape index (κ3) is 3.22. The number of pyridine rings is 1. The number of carboxylic acids is 1. The van der Waals surface area contributed by atoms with Gasteiger partial charge in [-0.15, -0.1) is 5.10 Å². The smallest absolute Gasteiger partial charge is 0.338 e. The number of aromatic nitrogens is 3. The Balaban J connectivity index is 1.67. The molecule has 22 heavy (non-hydrogen) atoms. The van der Waals surface area contributed by atoms with Crippen LogP contribution in [0.15, 0.2) is 24.4 Å². The number of nitrogens with zero attached hydrogens (tertiary/aromatic N) is 3. The molecule has 0 aromatic carbocycles. The van der Waals surface area contributed by atoms with E-state index in [2.05, 4.69) is 17.0 Å². The summed E-state index contributed by atoms with van der Waals surface area (Å²) in [6.45, 7) is 2.89. The van der Waals surface area contributed by atoms with Crippen LogP contribution in [0.2, 0.25) is 5.15 Å². The van der Waals surface area contributed by atoms with E-state index < -0.39 is 5.97 Å². The second-order valence-electron chi connectivity index (χ2n) is 5.82. The van der Waals surface area contributed by atoms with Crippen LogP contribution in [0.3, 0.4) is 0 Å². The van der Waals surface area contributed by atoms with Crippen LogP contribution in [-0.2, 0) is 0 Å². The van der Waals surface area contributed by atoms with Gasteiger partial charge in [-0.1, -0.05) is 18.5 Å². The van der Waals surface area contributed by atoms with E-state index in [4.69, 9.17) is 21.4 Å². The Morgan fingerprint density at radius 1 is 1.45 bits per heavy atom. The van der Waals surface area contributed by atoms with E-state index in [1.165, 1.54) is 23.6 Å². The predicted octanol–water partition coefficient (Wildman–Crippen LogP) is 3.19. The summed E-state index contributed by atoms with van der Waals surface area (Å²) in [6.07, 6.45) is 5.26. The Morgan fingerprint density at radius 3 is 2.86 bits per heavy atom. The van der Waals surface area contributed by atoms with Crippen molar-refractivity contribution < 1.29 is 14.6 Å². The molecule has 1 aliphatic carbocycles. The zero-order chi connectivity index (χ0) is 15.7. The fourth-order valence-electron chi connectivity index (χ4n) is 2.09. The van der Waals surface area contributed by atoms with Gasteiger partial charge < -0.3 is 9.84 Å². The van der Waals surface area contributed by atoms with Crippen LogP contribution in [0.5, 0.6) is 5.88 Å². The largest absolute Gasteiger partial charge is 0.478 e. The topological polar surface area (TPSA) is 77.2 Å². The average molecular weight is 322 g/mol. The van der Waals surface area contributed by atoms with Gasteiger partial charge in [0, 0.05) is 12.3 Å². The second-order valence-corrected chi connectivity index (χ2v) is 6.18. The van der Waals surface area contributed by atoms with Crippen molar-refractivity contribution in [3.05, 3.63) is 35.1 Å². The minimum atomic E-state index is -1.11. The van der Waals surface area contributed by atoms with E-state index in [0.29, 0.717) is 23.7 Å². The highest BCUT2D eigenvalue weighted by molar-refractivity contribution is 6.32. The fourth-order valence-corrected chi connectivity index (χ4v) is 2.32. The standard InChI is InChI=1S/C15H16ClN3O3/c1-15(5-6-15)7-9-22-12-4-8-19(18-12)11-3-2-10(14(20)21)13(16)17-11/h2-4,8H,5-7,9H2,1H3,(H,20,21). The lowest BCUT2D eigenvalue weighted by Crippen LogP contribution is -2.06. The van der Waals surface area contributed by atoms with Crippen molar-refractivity contribution in [2.45, 2.75) is 26.2 Å². The molecule has 1 saturated carbocycles. The van der Waals surface area contributed by atoms with Crippen LogP contribution >= 0.6 is 11.6 Å². The van der Waals surface area contributed by atoms with Gasteiger partial charge in [0.1, 0.15) is 5.15 Å². The van der Waals surface area contributed by atoms with E-state index >= 15 is 0 Å². The summed E-state index contributed by atoms with van der Waals surface area (Å²) in [7, 11) is 0. The Kier molecular flexibility index (Phi) is 3.78. The minimum Gasteiger partial charge on any atom is -0.478 e. The molecular weight excluding hydrogens is 306 g/mol. The number of ether oxygens (including phenoxy) is 1. The highest BCUT2D eigenvalue weighted by Gasteiger charge is 2.36. The normalized spacial score (nSPS) is 15.5. The van der Waals surface area contributed by atoms with Crippen molar-refractivity contribution in [2.75, 3.05) is 6.61 Å². The van der Waals surface area contributed by atoms with Crippen LogP contribution < -0.4 is 4.74 Å². The number of hydrogen-bond donors (Lipinski definition) is 1. The molecule has 1 N–H and O–H groups in total. The minimum absolute atomic E-state index is 0.0354. The fraction of sp³-hybridized carbons (Fsp3) is 0.400. The van der Waals surface area contributed by atoms with Crippen molar-refractivity contribution in [1.82, 2.24) is 14.8 Å². The summed E-state index contributed by atoms with van der Waals surface area (Å²) in [5.41, 5.74) is 0.413. The number of aromatic carboxylic acids is 1. The van der Waals surface area contributed by atoms with E-state index in [1.807, 2.05) is 0 Å². The quantitative estimate of drug-likeness (QED) is 0.827. The van der Waals surface area contributed by atoms with E-state index in [0.717, 1.165) is 6.42 Å². The van der Waals surface area contributed by atoms with Gasteiger partial charge in [0.2, 0.25) is 5.88 Å². The summed E-state index contributed by atoms with van der Waals surface area (Å²) in [5, 5.41) is 13.1. The van der Waals surface area contributed by atoms with E-state index in [9.17, 15) is 4.79 Å². The molecule has 3 rings (SSSR count). The van der Waals surface area contributed by atoms with Crippen molar-refractivity contribution in [3.8, 4) is 11.7 Å². The van der Waals surface area contributed by atoms with Crippen LogP contribution in [0.4, 0.5) is 0 Å². The molecule has 0 spiro atoms. The molecule has 0 aliphatic heterocycles. The maximum atomic E-state index is 10.9. The molecule has 0 atom stereocenters. The summed E-state index contributed by atoms with van der Waals surface area (Å²) in [6, 6.07) is 4.70. The molecule has 7 heteroatoms. The Bertz CT molecular complexity index is 710. The number of hydrogen-bond acceptors (Lipinski definition) is 4. The van der Waals surface area contributed by atoms with Gasteiger partial charge >= 0.3 is 5.97 Å². The molecule has 1 aliphatic rings. The van der Waals surface area contributed by atoms with Gasteiger partial charge in [-0.3, -0.25) is 0 Å². The van der Waals surface area contributed by atoms with E-state index in [-0.39, 0.29) is 10.7 Å². The first kappa shape index (κ1) is 14.8. The molecule has 0 amide bonds. The lowest BCUT2D eigenvalue weighted by molar-refractivity contribution is 0.0696. The zero-order valence-electron chi connectivity index (χ0n) is 12.1. The molecule has 116 valence electrons. The van der Waals surface area contributed by atoms with Crippen LogP contribution in [0.1, 0.15) is 36.5 Å². The lowest BCUT2D eigenvalue weighted by Gasteiger charge is -2.07. The Morgan fingerprint density at radius 2 is 2.23 bits per heavy atom. The molecule has 2 aromatic rings. The van der Waals surface area contributed by atoms with E-state index in [1.54, 1.807) is 18.3 Å². The number of rotatable bonds is 6. The van der Waals surface area contributed by atoms with Gasteiger partial charge in [0.25, 0.3) is 0 Å². The summed E-state index contributed by atoms with van der Waals surface area (Å²) >= 11 is 5.86. The third-order valence-electron chi connectivity index (χ3n) is 3.92. The molecular formula is C15H16ClN3O3. The van der Waals surface area contributed by atoms with Crippen molar-refractivity contribution in [2.24, 2.45) is 5.41 Å². The number of carboxylic acid groups (broad SMARTS) is 1. The number of halogens is 1. The monoisotopic (exact) mass is 321 g/mol. The molecule has 0 unspecified atom stereocenters. The Labute approximate surface area is 132 Å². The molecule has 2 heterocycles. The van der Waals surface area contributed by atoms with Gasteiger partial charge in [-0.2, -0.15) is 0 Å². The first-order valence-electron chi connectivity index (χ1n) is 7.06. The summed E-state index contributed by atoms with van der Waals surface area (Å²) < 4.78 is 7.14. The van der Waals surface area contributed by atoms with Crippen molar-refractivity contribution in [3.63, 3.8) is 0 Å². The van der Waals surface area contributed by atoms with Crippen LogP contribution in [0.25, 0.3) is 5.82 Å². The van der Waals surface area contributed by atoms with Crippen molar-refractivity contribution >= 4 is 17.6 Å². The van der Waals surface area contributed by atoms with Gasteiger partial charge in [-0.05, 0) is 36.8 Å². The van der Waals surface area contributed by atoms with Gasteiger partial charge in [0.05, 0.1) is 12.2 Å². The van der Waals surface area contributed by atoms with Crippen molar-refractivity contribution in [1.29, 1.82) is 0 Å². The molecule has 0 radical (unpaired) electrons. The second kappa shape index (κ2) is 5.61. The van der Waals surface area contributed by atoms with Gasteiger partial charge in [-0.25, -0.2) is 14.5 Å². The highest BCUT2D eigenvalue weighted by atomic mass is 35.5. The van der Waals surface area contributed by atoms with Gasteiger partial charge in [0.15, 0.2) is 5.82 Å². The zero-order valence-corrected chi connectivity index (χ0v) is 12.9. The SMILES string of the molecule is CC1(CCOc2ccn(-c3ccc(C(=O)O)c(Cl)n3)n2)CC1. The third-order valence-corrected chi connectivity index (χ3v) is 4.21. The average Bonchev–Trinajstić information content (AvgIpc) is 3.01. The Hall–Kier alpha value is -2.08. The molecule has 0 bridgehead atoms. The maximum absolute atomic E-state index is 10.9. The molecule has 1 fully saturated rings.